The number of hydrogen-bond acceptors (Lipinski definition) is 3. The predicted molar refractivity (Wildman–Crippen MR) is 81.7 cm³/mol. The van der Waals surface area contributed by atoms with Crippen molar-refractivity contribution in [3.05, 3.63) is 46.2 Å². The minimum Gasteiger partial charge on any atom is -0.330 e. The molecule has 2 rings (SSSR count). The van der Waals surface area contributed by atoms with Crippen LogP contribution in [0.5, 0.6) is 0 Å². The summed E-state index contributed by atoms with van der Waals surface area (Å²) in [5.74, 6) is 0.818. The van der Waals surface area contributed by atoms with Gasteiger partial charge >= 0.3 is 0 Å². The number of benzene rings is 1. The maximum atomic E-state index is 6.23. The van der Waals surface area contributed by atoms with Gasteiger partial charge in [0.25, 0.3) is 0 Å². The molecular weight excluding hydrogens is 278 g/mol. The van der Waals surface area contributed by atoms with Gasteiger partial charge in [0, 0.05) is 23.3 Å². The topological polar surface area (TPSA) is 43.8 Å². The zero-order valence-electron chi connectivity index (χ0n) is 11.2. The predicted octanol–water partition coefficient (Wildman–Crippen LogP) is 3.18. The number of hydrogen-bond donors (Lipinski definition) is 1. The highest BCUT2D eigenvalue weighted by atomic mass is 35.5. The quantitative estimate of drug-likeness (QED) is 0.862. The van der Waals surface area contributed by atoms with Crippen LogP contribution in [-0.4, -0.2) is 16.3 Å². The third-order valence-electron chi connectivity index (χ3n) is 2.94. The molecule has 0 unspecified atom stereocenters. The fraction of sp³-hybridized carbons (Fsp3) is 0.357. The van der Waals surface area contributed by atoms with E-state index in [9.17, 15) is 0 Å². The van der Waals surface area contributed by atoms with E-state index >= 15 is 0 Å². The molecule has 0 spiro atoms. The molecule has 0 saturated heterocycles. The Hall–Kier alpha value is -0.970. The Bertz CT molecular complexity index is 549. The van der Waals surface area contributed by atoms with Crippen LogP contribution in [0.4, 0.5) is 0 Å². The molecule has 0 bridgehead atoms. The highest BCUT2D eigenvalue weighted by Gasteiger charge is 2.13. The zero-order valence-corrected chi connectivity index (χ0v) is 12.8. The van der Waals surface area contributed by atoms with Crippen LogP contribution in [0.3, 0.4) is 0 Å². The molecule has 0 radical (unpaired) electrons. The molecule has 0 amide bonds. The first-order chi connectivity index (χ1) is 9.11. The van der Waals surface area contributed by atoms with Crippen LogP contribution in [-0.2, 0) is 19.2 Å². The molecule has 0 saturated carbocycles. The maximum absolute atomic E-state index is 6.23. The Morgan fingerprint density at radius 2 is 2.00 bits per heavy atom. The van der Waals surface area contributed by atoms with Crippen LogP contribution in [0.2, 0.25) is 5.15 Å². The average Bonchev–Trinajstić information content (AvgIpc) is 2.66. The molecule has 1 heterocycles. The van der Waals surface area contributed by atoms with E-state index in [-0.39, 0.29) is 0 Å². The second-order valence-electron chi connectivity index (χ2n) is 4.48. The van der Waals surface area contributed by atoms with Crippen molar-refractivity contribution in [2.45, 2.75) is 24.0 Å². The van der Waals surface area contributed by atoms with Gasteiger partial charge in [0.2, 0.25) is 0 Å². The van der Waals surface area contributed by atoms with Crippen molar-refractivity contribution in [1.29, 1.82) is 0 Å². The molecule has 19 heavy (non-hydrogen) atoms. The summed E-state index contributed by atoms with van der Waals surface area (Å²) in [5, 5.41) is 5.17. The van der Waals surface area contributed by atoms with Crippen molar-refractivity contribution in [2.75, 3.05) is 6.54 Å². The van der Waals surface area contributed by atoms with Crippen LogP contribution >= 0.6 is 23.4 Å². The lowest BCUT2D eigenvalue weighted by molar-refractivity contribution is 0.755. The lowest BCUT2D eigenvalue weighted by Gasteiger charge is -2.03. The minimum absolute atomic E-state index is 0.591. The maximum Gasteiger partial charge on any atom is 0.130 e. The SMILES string of the molecule is Cc1ccc(SCc2nn(C)c(Cl)c2CCN)cc1. The molecule has 2 aromatic rings. The largest absolute Gasteiger partial charge is 0.330 e. The number of thioether (sulfide) groups is 1. The number of halogens is 1. The van der Waals surface area contributed by atoms with Crippen molar-refractivity contribution in [1.82, 2.24) is 9.78 Å². The van der Waals surface area contributed by atoms with E-state index < -0.39 is 0 Å². The molecule has 0 atom stereocenters. The summed E-state index contributed by atoms with van der Waals surface area (Å²) < 4.78 is 1.72. The van der Waals surface area contributed by atoms with Crippen molar-refractivity contribution in [3.8, 4) is 0 Å². The average molecular weight is 296 g/mol. The monoisotopic (exact) mass is 295 g/mol. The van der Waals surface area contributed by atoms with Gasteiger partial charge in [0.1, 0.15) is 5.15 Å². The molecule has 1 aromatic carbocycles. The van der Waals surface area contributed by atoms with Crippen molar-refractivity contribution in [3.63, 3.8) is 0 Å². The third-order valence-corrected chi connectivity index (χ3v) is 4.44. The number of aryl methyl sites for hydroxylation is 2. The van der Waals surface area contributed by atoms with Crippen LogP contribution in [0.1, 0.15) is 16.8 Å². The lowest BCUT2D eigenvalue weighted by Crippen LogP contribution is -2.04. The van der Waals surface area contributed by atoms with E-state index in [0.717, 1.165) is 23.4 Å². The second-order valence-corrected chi connectivity index (χ2v) is 5.89. The van der Waals surface area contributed by atoms with E-state index in [2.05, 4.69) is 36.3 Å². The normalized spacial score (nSPS) is 10.9. The zero-order chi connectivity index (χ0) is 13.8. The Labute approximate surface area is 123 Å². The van der Waals surface area contributed by atoms with Crippen LogP contribution in [0, 0.1) is 6.92 Å². The Balaban J connectivity index is 2.10. The molecule has 2 N–H and O–H groups in total. The first-order valence-corrected chi connectivity index (χ1v) is 7.58. The number of nitrogens with two attached hydrogens (primary N) is 1. The molecule has 0 aliphatic rings. The van der Waals surface area contributed by atoms with Gasteiger partial charge in [0.05, 0.1) is 5.69 Å². The fourth-order valence-corrected chi connectivity index (χ4v) is 3.00. The Morgan fingerprint density at radius 1 is 1.32 bits per heavy atom. The Morgan fingerprint density at radius 3 is 2.63 bits per heavy atom. The van der Waals surface area contributed by atoms with Crippen LogP contribution in [0.15, 0.2) is 29.2 Å². The lowest BCUT2D eigenvalue weighted by atomic mass is 10.2. The third kappa shape index (κ3) is 3.53. The van der Waals surface area contributed by atoms with E-state index in [4.69, 9.17) is 17.3 Å². The van der Waals surface area contributed by atoms with E-state index in [1.165, 1.54) is 10.5 Å². The van der Waals surface area contributed by atoms with Crippen molar-refractivity contribution in [2.24, 2.45) is 12.8 Å². The second kappa shape index (κ2) is 6.46. The van der Waals surface area contributed by atoms with Crippen molar-refractivity contribution < 1.29 is 0 Å². The fourth-order valence-electron chi connectivity index (χ4n) is 1.89. The molecule has 3 nitrogen and oxygen atoms in total. The standard InChI is InChI=1S/C14H18ClN3S/c1-10-3-5-11(6-4-10)19-9-13-12(7-8-16)14(15)18(2)17-13/h3-6H,7-9,16H2,1-2H3. The molecule has 0 fully saturated rings. The summed E-state index contributed by atoms with van der Waals surface area (Å²) >= 11 is 8.00. The van der Waals surface area contributed by atoms with Gasteiger partial charge in [-0.05, 0) is 32.0 Å². The number of aromatic nitrogens is 2. The summed E-state index contributed by atoms with van der Waals surface area (Å²) in [4.78, 5) is 1.24. The molecule has 102 valence electrons. The van der Waals surface area contributed by atoms with E-state index in [1.807, 2.05) is 7.05 Å². The van der Waals surface area contributed by atoms with Crippen LogP contribution < -0.4 is 5.73 Å². The molecule has 5 heteroatoms. The summed E-state index contributed by atoms with van der Waals surface area (Å²) in [7, 11) is 1.86. The molecular formula is C14H18ClN3S. The minimum atomic E-state index is 0.591. The van der Waals surface area contributed by atoms with Gasteiger partial charge in [-0.15, -0.1) is 11.8 Å². The van der Waals surface area contributed by atoms with Crippen molar-refractivity contribution >= 4 is 23.4 Å². The van der Waals surface area contributed by atoms with E-state index in [1.54, 1.807) is 16.4 Å². The first kappa shape index (κ1) is 14.4. The highest BCUT2D eigenvalue weighted by molar-refractivity contribution is 7.98. The van der Waals surface area contributed by atoms with Crippen LogP contribution in [0.25, 0.3) is 0 Å². The van der Waals surface area contributed by atoms with Gasteiger partial charge < -0.3 is 5.73 Å². The van der Waals surface area contributed by atoms with Gasteiger partial charge in [-0.2, -0.15) is 5.10 Å². The summed E-state index contributed by atoms with van der Waals surface area (Å²) in [6, 6.07) is 8.50. The molecule has 0 aliphatic heterocycles. The number of nitrogens with zero attached hydrogens (tertiary/aromatic N) is 2. The van der Waals surface area contributed by atoms with Gasteiger partial charge in [-0.3, -0.25) is 4.68 Å². The van der Waals surface area contributed by atoms with Gasteiger partial charge in [0.15, 0.2) is 0 Å². The summed E-state index contributed by atoms with van der Waals surface area (Å²) in [5.41, 5.74) is 9.01. The van der Waals surface area contributed by atoms with Gasteiger partial charge in [-0.1, -0.05) is 29.3 Å². The first-order valence-electron chi connectivity index (χ1n) is 6.21. The molecule has 1 aromatic heterocycles. The van der Waals surface area contributed by atoms with Gasteiger partial charge in [-0.25, -0.2) is 0 Å². The highest BCUT2D eigenvalue weighted by Crippen LogP contribution is 2.27. The summed E-state index contributed by atoms with van der Waals surface area (Å²) in [6.45, 7) is 2.68. The smallest absolute Gasteiger partial charge is 0.130 e. The number of rotatable bonds is 5. The summed E-state index contributed by atoms with van der Waals surface area (Å²) in [6.07, 6.45) is 0.774. The molecule has 0 aliphatic carbocycles. The van der Waals surface area contributed by atoms with E-state index in [0.29, 0.717) is 11.7 Å². The Kier molecular flexibility index (Phi) is 4.91.